The molecule has 1 aromatic carbocycles. The number of fused-ring (bicyclic) bond motifs is 1. The second-order valence-electron chi connectivity index (χ2n) is 7.02. The molecule has 0 spiro atoms. The van der Waals surface area contributed by atoms with Crippen LogP contribution < -0.4 is 10.1 Å². The summed E-state index contributed by atoms with van der Waals surface area (Å²) in [4.78, 5) is 30.9. The molecule has 0 saturated carbocycles. The van der Waals surface area contributed by atoms with Crippen LogP contribution in [0.3, 0.4) is 0 Å². The van der Waals surface area contributed by atoms with Crippen molar-refractivity contribution in [2.75, 3.05) is 26.9 Å². The van der Waals surface area contributed by atoms with Crippen LogP contribution in [-0.4, -0.2) is 53.9 Å². The first-order chi connectivity index (χ1) is 15.0. The van der Waals surface area contributed by atoms with Crippen LogP contribution >= 0.6 is 11.6 Å². The molecule has 164 valence electrons. The lowest BCUT2D eigenvalue weighted by Crippen LogP contribution is -2.43. The predicted molar refractivity (Wildman–Crippen MR) is 120 cm³/mol. The summed E-state index contributed by atoms with van der Waals surface area (Å²) in [6, 6.07) is 7.17. The minimum atomic E-state index is -0.788. The van der Waals surface area contributed by atoms with Gasteiger partial charge in [-0.25, -0.2) is 9.78 Å². The molecule has 0 bridgehead atoms. The molecule has 1 aliphatic rings. The highest BCUT2D eigenvalue weighted by Crippen LogP contribution is 2.32. The maximum atomic E-state index is 13.2. The molecule has 0 aliphatic heterocycles. The summed E-state index contributed by atoms with van der Waals surface area (Å²) < 4.78 is 10.9. The van der Waals surface area contributed by atoms with Gasteiger partial charge in [-0.3, -0.25) is 4.79 Å². The number of hydrogen-bond acceptors (Lipinski definition) is 5. The van der Waals surface area contributed by atoms with Crippen molar-refractivity contribution in [1.29, 1.82) is 0 Å². The van der Waals surface area contributed by atoms with Crippen LogP contribution in [0.2, 0.25) is 0 Å². The molecule has 31 heavy (non-hydrogen) atoms. The number of aromatic nitrogens is 1. The predicted octanol–water partition coefficient (Wildman–Crippen LogP) is 3.98. The average molecular weight is 444 g/mol. The zero-order valence-corrected chi connectivity index (χ0v) is 18.6. The van der Waals surface area contributed by atoms with Crippen LogP contribution in [-0.2, 0) is 9.53 Å². The first-order valence-corrected chi connectivity index (χ1v) is 10.5. The summed E-state index contributed by atoms with van der Waals surface area (Å²) in [5.74, 6) is 0.323. The van der Waals surface area contributed by atoms with Gasteiger partial charge in [-0.15, -0.1) is 11.6 Å². The van der Waals surface area contributed by atoms with Gasteiger partial charge in [0.25, 0.3) is 0 Å². The number of urea groups is 1. The van der Waals surface area contributed by atoms with E-state index in [0.29, 0.717) is 31.3 Å². The Bertz CT molecular complexity index is 1020. The molecule has 2 unspecified atom stereocenters. The molecule has 0 radical (unpaired) electrons. The van der Waals surface area contributed by atoms with Crippen molar-refractivity contribution in [3.05, 3.63) is 60.0 Å². The van der Waals surface area contributed by atoms with E-state index in [9.17, 15) is 9.59 Å². The number of benzene rings is 1. The number of nitrogens with zero attached hydrogens (tertiary/aromatic N) is 2. The number of hydrogen-bond donors (Lipinski definition) is 1. The Labute approximate surface area is 186 Å². The minimum absolute atomic E-state index is 0.211. The largest absolute Gasteiger partial charge is 0.481 e. The van der Waals surface area contributed by atoms with Gasteiger partial charge in [-0.2, -0.15) is 0 Å². The standard InChI is InChI=1S/C23H26ClN3O4/c1-4-31-12-11-27(23(29)26-16-9-10-21(28)20(24)13-16)15(2)19-14-25-22(30-3)18-8-6-5-7-17(18)19/h5-10,13-15,20H,4,11-12H2,1-3H3,(H,26,29). The minimum Gasteiger partial charge on any atom is -0.481 e. The Kier molecular flexibility index (Phi) is 7.65. The van der Waals surface area contributed by atoms with Crippen molar-refractivity contribution in [3.63, 3.8) is 0 Å². The highest BCUT2D eigenvalue weighted by atomic mass is 35.5. The smallest absolute Gasteiger partial charge is 0.322 e. The number of carbonyl (C=O) groups is 2. The number of allylic oxidation sites excluding steroid dienone is 3. The Hall–Kier alpha value is -2.90. The summed E-state index contributed by atoms with van der Waals surface area (Å²) in [7, 11) is 1.58. The van der Waals surface area contributed by atoms with Gasteiger partial charge >= 0.3 is 6.03 Å². The normalized spacial score (nSPS) is 16.7. The molecular weight excluding hydrogens is 418 g/mol. The van der Waals surface area contributed by atoms with E-state index in [4.69, 9.17) is 21.1 Å². The fraction of sp³-hybridized carbons (Fsp3) is 0.348. The van der Waals surface area contributed by atoms with E-state index >= 15 is 0 Å². The summed E-state index contributed by atoms with van der Waals surface area (Å²) in [5.41, 5.74) is 1.37. The van der Waals surface area contributed by atoms with Crippen LogP contribution in [0.1, 0.15) is 25.5 Å². The van der Waals surface area contributed by atoms with Crippen LogP contribution in [0, 0.1) is 0 Å². The van der Waals surface area contributed by atoms with Gasteiger partial charge in [0, 0.05) is 36.0 Å². The van der Waals surface area contributed by atoms with E-state index < -0.39 is 5.38 Å². The average Bonchev–Trinajstić information content (AvgIpc) is 2.78. The summed E-state index contributed by atoms with van der Waals surface area (Å²) in [6.07, 6.45) is 6.18. The topological polar surface area (TPSA) is 80.8 Å². The van der Waals surface area contributed by atoms with E-state index in [-0.39, 0.29) is 17.9 Å². The monoisotopic (exact) mass is 443 g/mol. The van der Waals surface area contributed by atoms with E-state index in [1.54, 1.807) is 24.3 Å². The zero-order valence-electron chi connectivity index (χ0n) is 17.8. The molecule has 0 fully saturated rings. The van der Waals surface area contributed by atoms with E-state index in [1.807, 2.05) is 38.1 Å². The number of ketones is 1. The highest BCUT2D eigenvalue weighted by Gasteiger charge is 2.25. The molecule has 7 nitrogen and oxygen atoms in total. The number of ether oxygens (including phenoxy) is 2. The second kappa shape index (κ2) is 10.4. The molecule has 1 aliphatic carbocycles. The summed E-state index contributed by atoms with van der Waals surface area (Å²) in [5, 5.41) is 3.89. The van der Waals surface area contributed by atoms with Crippen molar-refractivity contribution in [2.24, 2.45) is 0 Å². The SMILES string of the molecule is CCOCCN(C(=O)NC1=CC(Cl)C(=O)C=C1)C(C)c1cnc(OC)c2ccccc12. The second-order valence-corrected chi connectivity index (χ2v) is 7.49. The van der Waals surface area contributed by atoms with Crippen LogP contribution in [0.25, 0.3) is 10.8 Å². The van der Waals surface area contributed by atoms with E-state index in [0.717, 1.165) is 16.3 Å². The lowest BCUT2D eigenvalue weighted by atomic mass is 10.0. The molecule has 1 aromatic heterocycles. The number of nitrogens with one attached hydrogen (secondary N) is 1. The van der Waals surface area contributed by atoms with Crippen molar-refractivity contribution in [1.82, 2.24) is 15.2 Å². The molecule has 2 atom stereocenters. The molecule has 2 amide bonds. The Balaban J connectivity index is 1.90. The third-order valence-electron chi connectivity index (χ3n) is 5.12. The fourth-order valence-corrected chi connectivity index (χ4v) is 3.68. The van der Waals surface area contributed by atoms with Gasteiger partial charge in [0.15, 0.2) is 5.78 Å². The third kappa shape index (κ3) is 5.24. The molecular formula is C23H26ClN3O4. The third-order valence-corrected chi connectivity index (χ3v) is 5.46. The van der Waals surface area contributed by atoms with Crippen molar-refractivity contribution in [2.45, 2.75) is 25.3 Å². The Morgan fingerprint density at radius 1 is 1.29 bits per heavy atom. The number of halogens is 1. The number of carbonyl (C=O) groups excluding carboxylic acids is 2. The quantitative estimate of drug-likeness (QED) is 0.493. The fourth-order valence-electron chi connectivity index (χ4n) is 3.47. The first-order valence-electron chi connectivity index (χ1n) is 10.1. The highest BCUT2D eigenvalue weighted by molar-refractivity contribution is 6.34. The van der Waals surface area contributed by atoms with Gasteiger partial charge in [-0.05, 0) is 43.5 Å². The number of pyridine rings is 1. The Morgan fingerprint density at radius 3 is 2.71 bits per heavy atom. The maximum Gasteiger partial charge on any atom is 0.322 e. The van der Waals surface area contributed by atoms with Gasteiger partial charge in [0.05, 0.1) is 19.8 Å². The van der Waals surface area contributed by atoms with Crippen LogP contribution in [0.15, 0.2) is 54.4 Å². The van der Waals surface area contributed by atoms with Gasteiger partial charge in [0.2, 0.25) is 5.88 Å². The summed E-state index contributed by atoms with van der Waals surface area (Å²) >= 11 is 6.00. The van der Waals surface area contributed by atoms with Crippen LogP contribution in [0.4, 0.5) is 4.79 Å². The Morgan fingerprint density at radius 2 is 2.03 bits per heavy atom. The molecule has 1 N–H and O–H groups in total. The van der Waals surface area contributed by atoms with Gasteiger partial charge < -0.3 is 19.7 Å². The molecule has 1 heterocycles. The van der Waals surface area contributed by atoms with Gasteiger partial charge in [0.1, 0.15) is 5.38 Å². The van der Waals surface area contributed by atoms with E-state index in [1.165, 1.54) is 12.2 Å². The zero-order chi connectivity index (χ0) is 22.4. The first kappa shape index (κ1) is 22.8. The van der Waals surface area contributed by atoms with Crippen molar-refractivity contribution >= 4 is 34.2 Å². The molecule has 2 aromatic rings. The molecule has 0 saturated heterocycles. The van der Waals surface area contributed by atoms with Crippen molar-refractivity contribution < 1.29 is 19.1 Å². The van der Waals surface area contributed by atoms with E-state index in [2.05, 4.69) is 10.3 Å². The number of methoxy groups -OCH3 is 1. The molecule has 8 heteroatoms. The van der Waals surface area contributed by atoms with Crippen molar-refractivity contribution in [3.8, 4) is 5.88 Å². The maximum absolute atomic E-state index is 13.2. The lowest BCUT2D eigenvalue weighted by molar-refractivity contribution is -0.113. The lowest BCUT2D eigenvalue weighted by Gasteiger charge is -2.31. The van der Waals surface area contributed by atoms with Gasteiger partial charge in [-0.1, -0.05) is 18.2 Å². The van der Waals surface area contributed by atoms with Crippen LogP contribution in [0.5, 0.6) is 5.88 Å². The molecule has 3 rings (SSSR count). The number of amides is 2. The number of rotatable bonds is 8. The number of alkyl halides is 1. The summed E-state index contributed by atoms with van der Waals surface area (Å²) in [6.45, 7) is 5.17.